The molecule has 0 amide bonds. The zero-order valence-electron chi connectivity index (χ0n) is 9.71. The fourth-order valence-corrected chi connectivity index (χ4v) is 1.54. The molecule has 0 radical (unpaired) electrons. The maximum absolute atomic E-state index is 5.40. The third-order valence-electron chi connectivity index (χ3n) is 1.74. The van der Waals surface area contributed by atoms with Gasteiger partial charge in [-0.3, -0.25) is 4.99 Å². The molecule has 3 nitrogen and oxygen atoms in total. The highest BCUT2D eigenvalue weighted by atomic mass is 28.3. The van der Waals surface area contributed by atoms with Crippen LogP contribution in [0.3, 0.4) is 0 Å². The van der Waals surface area contributed by atoms with E-state index in [9.17, 15) is 0 Å². The van der Waals surface area contributed by atoms with Gasteiger partial charge < -0.3 is 10.5 Å². The summed E-state index contributed by atoms with van der Waals surface area (Å²) in [6, 6.07) is 1.19. The molecule has 0 aromatic rings. The zero-order chi connectivity index (χ0) is 11.0. The predicted molar refractivity (Wildman–Crippen MR) is 65.4 cm³/mol. The molecule has 0 bridgehead atoms. The van der Waals surface area contributed by atoms with Gasteiger partial charge in [-0.05, 0) is 25.2 Å². The van der Waals surface area contributed by atoms with Crippen LogP contribution in [-0.2, 0) is 4.74 Å². The Bertz CT molecular complexity index is 207. The van der Waals surface area contributed by atoms with E-state index in [1.54, 1.807) is 6.08 Å². The first kappa shape index (κ1) is 13.4. The van der Waals surface area contributed by atoms with Crippen LogP contribution in [-0.4, -0.2) is 27.1 Å². The predicted octanol–water partition coefficient (Wildman–Crippen LogP) is 2.23. The van der Waals surface area contributed by atoms with Crippen molar-refractivity contribution in [2.75, 3.05) is 13.3 Å². The third kappa shape index (κ3) is 9.47. The van der Waals surface area contributed by atoms with Crippen LogP contribution < -0.4 is 5.73 Å². The molecule has 0 saturated carbocycles. The van der Waals surface area contributed by atoms with Crippen molar-refractivity contribution in [3.8, 4) is 0 Å². The summed E-state index contributed by atoms with van der Waals surface area (Å²) in [5.41, 5.74) is 6.12. The second-order valence-electron chi connectivity index (χ2n) is 4.51. The minimum absolute atomic E-state index is 0.445. The second-order valence-corrected chi connectivity index (χ2v) is 10.1. The van der Waals surface area contributed by atoms with Crippen molar-refractivity contribution >= 4 is 13.8 Å². The van der Waals surface area contributed by atoms with Gasteiger partial charge in [-0.25, -0.2) is 0 Å². The van der Waals surface area contributed by atoms with Crippen LogP contribution in [0.15, 0.2) is 17.3 Å². The van der Waals surface area contributed by atoms with Crippen LogP contribution in [0, 0.1) is 0 Å². The van der Waals surface area contributed by atoms with Gasteiger partial charge in [0, 0.05) is 20.4 Å². The first-order valence-corrected chi connectivity index (χ1v) is 8.63. The molecule has 0 aliphatic heterocycles. The second kappa shape index (κ2) is 6.78. The van der Waals surface area contributed by atoms with Crippen molar-refractivity contribution in [3.05, 3.63) is 12.3 Å². The largest absolute Gasteiger partial charge is 0.405 e. The van der Waals surface area contributed by atoms with Crippen molar-refractivity contribution in [2.24, 2.45) is 10.7 Å². The standard InChI is InChI=1S/C10H22N2OSi/c1-10(5-6-11)12-9-13-7-8-14(2,3)4/h5-6H,7-9,11H2,1-4H3. The number of hydrogen-bond acceptors (Lipinski definition) is 3. The molecule has 0 atom stereocenters. The van der Waals surface area contributed by atoms with Gasteiger partial charge in [0.15, 0.2) is 0 Å². The van der Waals surface area contributed by atoms with Crippen molar-refractivity contribution in [1.82, 2.24) is 0 Å². The molecule has 14 heavy (non-hydrogen) atoms. The first-order valence-electron chi connectivity index (χ1n) is 4.93. The topological polar surface area (TPSA) is 47.6 Å². The van der Waals surface area contributed by atoms with E-state index in [0.29, 0.717) is 6.73 Å². The maximum Gasteiger partial charge on any atom is 0.137 e. The molecule has 0 aromatic carbocycles. The summed E-state index contributed by atoms with van der Waals surface area (Å²) in [5, 5.41) is 0. The van der Waals surface area contributed by atoms with Gasteiger partial charge in [0.05, 0.1) is 0 Å². The smallest absolute Gasteiger partial charge is 0.137 e. The molecule has 0 aliphatic carbocycles. The van der Waals surface area contributed by atoms with Crippen LogP contribution in [0.2, 0.25) is 25.7 Å². The molecular formula is C10H22N2OSi. The molecule has 0 fully saturated rings. The number of allylic oxidation sites excluding steroid dienone is 1. The summed E-state index contributed by atoms with van der Waals surface area (Å²) in [6.45, 7) is 10.2. The highest BCUT2D eigenvalue weighted by Crippen LogP contribution is 2.07. The fourth-order valence-electron chi connectivity index (χ4n) is 0.782. The lowest BCUT2D eigenvalue weighted by atomic mass is 10.4. The lowest BCUT2D eigenvalue weighted by Gasteiger charge is -2.14. The molecule has 0 aliphatic rings. The average molecular weight is 214 g/mol. The lowest BCUT2D eigenvalue weighted by Crippen LogP contribution is -2.21. The number of rotatable bonds is 6. The van der Waals surface area contributed by atoms with E-state index in [0.717, 1.165) is 12.3 Å². The van der Waals surface area contributed by atoms with E-state index in [4.69, 9.17) is 10.5 Å². The number of ether oxygens (including phenoxy) is 1. The van der Waals surface area contributed by atoms with Gasteiger partial charge in [0.2, 0.25) is 0 Å². The van der Waals surface area contributed by atoms with E-state index < -0.39 is 8.07 Å². The minimum atomic E-state index is -0.957. The van der Waals surface area contributed by atoms with Gasteiger partial charge >= 0.3 is 0 Å². The van der Waals surface area contributed by atoms with Crippen LogP contribution >= 0.6 is 0 Å². The molecule has 4 heteroatoms. The molecule has 0 spiro atoms. The Morgan fingerprint density at radius 3 is 2.57 bits per heavy atom. The summed E-state index contributed by atoms with van der Waals surface area (Å²) in [4.78, 5) is 4.18. The van der Waals surface area contributed by atoms with Crippen molar-refractivity contribution < 1.29 is 4.74 Å². The first-order chi connectivity index (χ1) is 6.45. The average Bonchev–Trinajstić information content (AvgIpc) is 2.02. The van der Waals surface area contributed by atoms with Crippen molar-refractivity contribution in [3.63, 3.8) is 0 Å². The van der Waals surface area contributed by atoms with E-state index in [2.05, 4.69) is 24.6 Å². The van der Waals surface area contributed by atoms with Gasteiger partial charge in [-0.1, -0.05) is 19.6 Å². The van der Waals surface area contributed by atoms with Gasteiger partial charge in [0.25, 0.3) is 0 Å². The molecule has 0 saturated heterocycles. The van der Waals surface area contributed by atoms with Crippen LogP contribution in [0.1, 0.15) is 6.92 Å². The summed E-state index contributed by atoms with van der Waals surface area (Å²) in [6.07, 6.45) is 3.25. The molecule has 0 aromatic heterocycles. The zero-order valence-corrected chi connectivity index (χ0v) is 10.7. The normalized spacial score (nSPS) is 13.9. The third-order valence-corrected chi connectivity index (χ3v) is 3.44. The Balaban J connectivity index is 3.52. The van der Waals surface area contributed by atoms with Gasteiger partial charge in [-0.2, -0.15) is 0 Å². The van der Waals surface area contributed by atoms with Gasteiger partial charge in [0.1, 0.15) is 6.73 Å². The number of nitrogens with zero attached hydrogens (tertiary/aromatic N) is 1. The van der Waals surface area contributed by atoms with Crippen molar-refractivity contribution in [1.29, 1.82) is 0 Å². The quantitative estimate of drug-likeness (QED) is 0.419. The summed E-state index contributed by atoms with van der Waals surface area (Å²) < 4.78 is 5.40. The summed E-state index contributed by atoms with van der Waals surface area (Å²) in [5.74, 6) is 0. The minimum Gasteiger partial charge on any atom is -0.405 e. The number of hydrogen-bond donors (Lipinski definition) is 1. The van der Waals surface area contributed by atoms with E-state index in [1.165, 1.54) is 12.2 Å². The van der Waals surface area contributed by atoms with Crippen LogP contribution in [0.25, 0.3) is 0 Å². The van der Waals surface area contributed by atoms with Gasteiger partial charge in [-0.15, -0.1) is 0 Å². The molecule has 0 unspecified atom stereocenters. The summed E-state index contributed by atoms with van der Waals surface area (Å²) in [7, 11) is -0.957. The Morgan fingerprint density at radius 1 is 1.43 bits per heavy atom. The molecular weight excluding hydrogens is 192 g/mol. The molecule has 82 valence electrons. The maximum atomic E-state index is 5.40. The molecule has 0 heterocycles. The number of nitrogens with two attached hydrogens (primary N) is 1. The van der Waals surface area contributed by atoms with Crippen LogP contribution in [0.4, 0.5) is 0 Å². The van der Waals surface area contributed by atoms with E-state index in [1.807, 2.05) is 6.92 Å². The highest BCUT2D eigenvalue weighted by molar-refractivity contribution is 6.76. The Labute approximate surface area is 88.1 Å². The monoisotopic (exact) mass is 214 g/mol. The van der Waals surface area contributed by atoms with Crippen LogP contribution in [0.5, 0.6) is 0 Å². The number of aliphatic imine (C=N–C) groups is 1. The van der Waals surface area contributed by atoms with E-state index >= 15 is 0 Å². The fraction of sp³-hybridized carbons (Fsp3) is 0.700. The summed E-state index contributed by atoms with van der Waals surface area (Å²) >= 11 is 0. The Kier molecular flexibility index (Phi) is 6.49. The Morgan fingerprint density at radius 2 is 2.07 bits per heavy atom. The van der Waals surface area contributed by atoms with E-state index in [-0.39, 0.29) is 0 Å². The van der Waals surface area contributed by atoms with Crippen molar-refractivity contribution in [2.45, 2.75) is 32.6 Å². The lowest BCUT2D eigenvalue weighted by molar-refractivity contribution is 0.155. The SMILES string of the molecule is CC(C=CN)=NCOCC[Si](C)(C)C. The highest BCUT2D eigenvalue weighted by Gasteiger charge is 2.11. The molecule has 0 rings (SSSR count). The molecule has 2 N–H and O–H groups in total. The Hall–Kier alpha value is -0.613.